The van der Waals surface area contributed by atoms with E-state index in [9.17, 15) is 13.2 Å². The molecule has 1 amide bonds. The van der Waals surface area contributed by atoms with Crippen LogP contribution in [0.4, 0.5) is 0 Å². The summed E-state index contributed by atoms with van der Waals surface area (Å²) in [7, 11) is -3.17. The molecule has 1 aromatic rings. The van der Waals surface area contributed by atoms with Crippen LogP contribution in [0.3, 0.4) is 0 Å². The summed E-state index contributed by atoms with van der Waals surface area (Å²) in [6, 6.07) is 4.21. The first-order valence-electron chi connectivity index (χ1n) is 8.57. The molecule has 1 heterocycles. The van der Waals surface area contributed by atoms with E-state index in [0.29, 0.717) is 39.0 Å². The normalized spacial score (nSPS) is 16.9. The Kier molecular flexibility index (Phi) is 6.04. The minimum Gasteiger partial charge on any atom is -0.341 e. The molecule has 1 saturated heterocycles. The fourth-order valence-electron chi connectivity index (χ4n) is 3.09. The van der Waals surface area contributed by atoms with Crippen LogP contribution in [-0.2, 0) is 21.2 Å². The lowest BCUT2D eigenvalue weighted by Gasteiger charge is -2.22. The zero-order valence-electron chi connectivity index (χ0n) is 15.1. The van der Waals surface area contributed by atoms with Gasteiger partial charge in [0.1, 0.15) is 0 Å². The lowest BCUT2D eigenvalue weighted by atomic mass is 9.98. The Bertz CT molecular complexity index is 713. The zero-order chi connectivity index (χ0) is 17.9. The number of hydrogen-bond donors (Lipinski definition) is 0. The molecular formula is C18H28N2O3S. The molecule has 0 N–H and O–H groups in total. The van der Waals surface area contributed by atoms with Crippen molar-refractivity contribution in [1.82, 2.24) is 9.21 Å². The summed E-state index contributed by atoms with van der Waals surface area (Å²) < 4.78 is 25.5. The fraction of sp³-hybridized carbons (Fsp3) is 0.611. The predicted octanol–water partition coefficient (Wildman–Crippen LogP) is 2.04. The molecule has 0 unspecified atom stereocenters. The van der Waals surface area contributed by atoms with Gasteiger partial charge in [0, 0.05) is 26.2 Å². The second kappa shape index (κ2) is 7.66. The summed E-state index contributed by atoms with van der Waals surface area (Å²) in [5, 5.41) is 0. The van der Waals surface area contributed by atoms with Crippen molar-refractivity contribution in [2.45, 2.75) is 40.5 Å². The van der Waals surface area contributed by atoms with E-state index in [0.717, 1.165) is 11.1 Å². The number of rotatable bonds is 4. The lowest BCUT2D eigenvalue weighted by Crippen LogP contribution is -2.38. The number of nitrogens with zero attached hydrogens (tertiary/aromatic N) is 2. The Balaban J connectivity index is 2.05. The number of carbonyl (C=O) groups excluding carboxylic acids is 1. The molecule has 1 fully saturated rings. The molecule has 0 saturated carbocycles. The van der Waals surface area contributed by atoms with E-state index in [1.165, 1.54) is 15.4 Å². The molecule has 24 heavy (non-hydrogen) atoms. The highest BCUT2D eigenvalue weighted by molar-refractivity contribution is 7.89. The quantitative estimate of drug-likeness (QED) is 0.833. The highest BCUT2D eigenvalue weighted by Crippen LogP contribution is 2.17. The van der Waals surface area contributed by atoms with E-state index in [-0.39, 0.29) is 11.7 Å². The zero-order valence-corrected chi connectivity index (χ0v) is 15.9. The third kappa shape index (κ3) is 4.36. The molecular weight excluding hydrogens is 324 g/mol. The van der Waals surface area contributed by atoms with Crippen molar-refractivity contribution in [3.63, 3.8) is 0 Å². The van der Waals surface area contributed by atoms with Gasteiger partial charge >= 0.3 is 0 Å². The summed E-state index contributed by atoms with van der Waals surface area (Å²) >= 11 is 0. The number of amides is 1. The van der Waals surface area contributed by atoms with E-state index < -0.39 is 10.0 Å². The number of aryl methyl sites for hydroxylation is 3. The van der Waals surface area contributed by atoms with Crippen LogP contribution in [0.1, 0.15) is 35.6 Å². The van der Waals surface area contributed by atoms with Crippen LogP contribution in [0.25, 0.3) is 0 Å². The van der Waals surface area contributed by atoms with E-state index in [1.807, 2.05) is 6.92 Å². The van der Waals surface area contributed by atoms with Gasteiger partial charge in [0.2, 0.25) is 15.9 Å². The number of sulfonamides is 1. The van der Waals surface area contributed by atoms with Crippen molar-refractivity contribution in [3.05, 3.63) is 34.4 Å². The maximum absolute atomic E-state index is 12.7. The van der Waals surface area contributed by atoms with Crippen molar-refractivity contribution in [1.29, 1.82) is 0 Å². The van der Waals surface area contributed by atoms with Crippen molar-refractivity contribution in [2.24, 2.45) is 0 Å². The molecule has 5 nitrogen and oxygen atoms in total. The second-order valence-corrected chi connectivity index (χ2v) is 8.83. The van der Waals surface area contributed by atoms with E-state index in [2.05, 4.69) is 26.0 Å². The molecule has 1 aromatic carbocycles. The van der Waals surface area contributed by atoms with E-state index >= 15 is 0 Å². The van der Waals surface area contributed by atoms with Gasteiger partial charge in [-0.25, -0.2) is 12.7 Å². The van der Waals surface area contributed by atoms with Crippen LogP contribution in [0.15, 0.2) is 12.1 Å². The van der Waals surface area contributed by atoms with Gasteiger partial charge in [0.15, 0.2) is 0 Å². The minimum absolute atomic E-state index is 0.0806. The lowest BCUT2D eigenvalue weighted by molar-refractivity contribution is -0.130. The molecule has 0 atom stereocenters. The first kappa shape index (κ1) is 18.9. The summed E-state index contributed by atoms with van der Waals surface area (Å²) in [5.74, 6) is 0.195. The number of carbonyl (C=O) groups is 1. The van der Waals surface area contributed by atoms with Crippen molar-refractivity contribution in [3.8, 4) is 0 Å². The maximum Gasteiger partial charge on any atom is 0.227 e. The van der Waals surface area contributed by atoms with Crippen LogP contribution < -0.4 is 0 Å². The van der Waals surface area contributed by atoms with Crippen molar-refractivity contribution in [2.75, 3.05) is 31.9 Å². The molecule has 0 aromatic heterocycles. The van der Waals surface area contributed by atoms with Gasteiger partial charge < -0.3 is 4.90 Å². The Morgan fingerprint density at radius 1 is 1.00 bits per heavy atom. The average Bonchev–Trinajstić information content (AvgIpc) is 2.79. The van der Waals surface area contributed by atoms with Gasteiger partial charge in [-0.2, -0.15) is 0 Å². The van der Waals surface area contributed by atoms with Crippen LogP contribution in [0.2, 0.25) is 0 Å². The summed E-state index contributed by atoms with van der Waals surface area (Å²) in [6.07, 6.45) is 1.07. The molecule has 0 spiro atoms. The Hall–Kier alpha value is -1.40. The minimum atomic E-state index is -3.17. The first-order valence-corrected chi connectivity index (χ1v) is 10.2. The van der Waals surface area contributed by atoms with Crippen molar-refractivity contribution >= 4 is 15.9 Å². The summed E-state index contributed by atoms with van der Waals surface area (Å²) in [6.45, 7) is 9.82. The molecule has 0 radical (unpaired) electrons. The molecule has 1 aliphatic rings. The maximum atomic E-state index is 12.7. The number of benzene rings is 1. The third-order valence-corrected chi connectivity index (χ3v) is 6.74. The fourth-order valence-corrected chi connectivity index (χ4v) is 4.22. The molecule has 1 aliphatic heterocycles. The monoisotopic (exact) mass is 352 g/mol. The third-order valence-electron chi connectivity index (χ3n) is 4.86. The Labute approximate surface area is 145 Å². The smallest absolute Gasteiger partial charge is 0.227 e. The van der Waals surface area contributed by atoms with E-state index in [4.69, 9.17) is 0 Å². The van der Waals surface area contributed by atoms with Gasteiger partial charge in [-0.15, -0.1) is 0 Å². The van der Waals surface area contributed by atoms with Gasteiger partial charge in [-0.1, -0.05) is 12.1 Å². The Morgan fingerprint density at radius 2 is 1.67 bits per heavy atom. The SMILES string of the molecule is CCS(=O)(=O)N1CCCN(C(=O)Cc2cc(C)c(C)cc2C)CC1. The summed E-state index contributed by atoms with van der Waals surface area (Å²) in [4.78, 5) is 14.5. The van der Waals surface area contributed by atoms with Gasteiger partial charge in [-0.05, 0) is 56.4 Å². The van der Waals surface area contributed by atoms with E-state index in [1.54, 1.807) is 11.8 Å². The van der Waals surface area contributed by atoms with Gasteiger partial charge in [0.05, 0.1) is 12.2 Å². The van der Waals surface area contributed by atoms with Crippen LogP contribution >= 0.6 is 0 Å². The van der Waals surface area contributed by atoms with Crippen LogP contribution in [0.5, 0.6) is 0 Å². The molecule has 0 aliphatic carbocycles. The number of hydrogen-bond acceptors (Lipinski definition) is 3. The molecule has 0 bridgehead atoms. The highest BCUT2D eigenvalue weighted by Gasteiger charge is 2.25. The predicted molar refractivity (Wildman–Crippen MR) is 96.6 cm³/mol. The Morgan fingerprint density at radius 3 is 2.33 bits per heavy atom. The van der Waals surface area contributed by atoms with Gasteiger partial charge in [-0.3, -0.25) is 4.79 Å². The van der Waals surface area contributed by atoms with Crippen LogP contribution in [0, 0.1) is 20.8 Å². The van der Waals surface area contributed by atoms with Gasteiger partial charge in [0.25, 0.3) is 0 Å². The first-order chi connectivity index (χ1) is 11.2. The largest absolute Gasteiger partial charge is 0.341 e. The summed E-state index contributed by atoms with van der Waals surface area (Å²) in [5.41, 5.74) is 4.63. The van der Waals surface area contributed by atoms with Crippen LogP contribution in [-0.4, -0.2) is 55.5 Å². The molecule has 134 valence electrons. The second-order valence-electron chi connectivity index (χ2n) is 6.57. The standard InChI is InChI=1S/C18H28N2O3S/c1-5-24(22,23)20-8-6-7-19(9-10-20)18(21)13-17-12-15(3)14(2)11-16(17)4/h11-12H,5-10,13H2,1-4H3. The average molecular weight is 353 g/mol. The molecule has 2 rings (SSSR count). The van der Waals surface area contributed by atoms with Crippen molar-refractivity contribution < 1.29 is 13.2 Å². The molecule has 6 heteroatoms. The highest BCUT2D eigenvalue weighted by atomic mass is 32.2. The topological polar surface area (TPSA) is 57.7 Å².